The van der Waals surface area contributed by atoms with Gasteiger partial charge in [0, 0.05) is 12.2 Å². The molecule has 1 unspecified atom stereocenters. The first-order valence-electron chi connectivity index (χ1n) is 5.54. The summed E-state index contributed by atoms with van der Waals surface area (Å²) in [6.45, 7) is 5.83. The summed E-state index contributed by atoms with van der Waals surface area (Å²) in [7, 11) is 0. The molecule has 1 heterocycles. The van der Waals surface area contributed by atoms with Crippen molar-refractivity contribution >= 4 is 0 Å². The Bertz CT molecular complexity index is 287. The maximum atomic E-state index is 12.6. The summed E-state index contributed by atoms with van der Waals surface area (Å²) in [4.78, 5) is 0. The van der Waals surface area contributed by atoms with E-state index >= 15 is 0 Å². The minimum atomic E-state index is -4.26. The molecule has 6 heteroatoms. The standard InChI is InChI=1S/C11H19F3N2O/c1-8(2)16-6-5-9(15-16)17-7-10(3,4)11(12,13)14/h5-6,8-9,15H,7H2,1-4H3. The van der Waals surface area contributed by atoms with Crippen LogP contribution in [0.15, 0.2) is 12.3 Å². The number of rotatable bonds is 4. The van der Waals surface area contributed by atoms with Crippen molar-refractivity contribution in [2.24, 2.45) is 5.41 Å². The van der Waals surface area contributed by atoms with Crippen molar-refractivity contribution in [2.75, 3.05) is 6.61 Å². The van der Waals surface area contributed by atoms with Gasteiger partial charge in [0.05, 0.1) is 12.0 Å². The van der Waals surface area contributed by atoms with Crippen LogP contribution in [0.5, 0.6) is 0 Å². The molecule has 0 aromatic carbocycles. The van der Waals surface area contributed by atoms with E-state index in [-0.39, 0.29) is 12.6 Å². The molecule has 0 aromatic heterocycles. The zero-order valence-corrected chi connectivity index (χ0v) is 10.5. The fourth-order valence-electron chi connectivity index (χ4n) is 1.20. The average Bonchev–Trinajstić information content (AvgIpc) is 2.61. The van der Waals surface area contributed by atoms with Gasteiger partial charge in [-0.15, -0.1) is 0 Å². The van der Waals surface area contributed by atoms with Crippen molar-refractivity contribution in [1.82, 2.24) is 10.4 Å². The van der Waals surface area contributed by atoms with Crippen LogP contribution in [0.3, 0.4) is 0 Å². The summed E-state index contributed by atoms with van der Waals surface area (Å²) in [6.07, 6.45) is -1.27. The van der Waals surface area contributed by atoms with E-state index in [0.29, 0.717) is 0 Å². The number of nitrogens with zero attached hydrogens (tertiary/aromatic N) is 1. The number of hydrogen-bond acceptors (Lipinski definition) is 3. The van der Waals surface area contributed by atoms with Gasteiger partial charge in [0.2, 0.25) is 0 Å². The normalized spacial score (nSPS) is 21.6. The van der Waals surface area contributed by atoms with Crippen molar-refractivity contribution in [2.45, 2.75) is 46.1 Å². The van der Waals surface area contributed by atoms with E-state index in [9.17, 15) is 13.2 Å². The lowest BCUT2D eigenvalue weighted by atomic mass is 9.94. The molecule has 0 aromatic rings. The number of hydrazine groups is 1. The molecule has 0 saturated heterocycles. The summed E-state index contributed by atoms with van der Waals surface area (Å²) >= 11 is 0. The van der Waals surface area contributed by atoms with Crippen molar-refractivity contribution < 1.29 is 17.9 Å². The van der Waals surface area contributed by atoms with Gasteiger partial charge in [-0.05, 0) is 33.8 Å². The monoisotopic (exact) mass is 252 g/mol. The summed E-state index contributed by atoms with van der Waals surface area (Å²) in [5.74, 6) is 0. The van der Waals surface area contributed by atoms with Gasteiger partial charge in [0.25, 0.3) is 0 Å². The van der Waals surface area contributed by atoms with Gasteiger partial charge in [-0.3, -0.25) is 0 Å². The van der Waals surface area contributed by atoms with Gasteiger partial charge in [-0.2, -0.15) is 13.2 Å². The second kappa shape index (κ2) is 4.86. The molecule has 1 rings (SSSR count). The van der Waals surface area contributed by atoms with Gasteiger partial charge in [0.1, 0.15) is 6.23 Å². The molecule has 0 spiro atoms. The highest BCUT2D eigenvalue weighted by Crippen LogP contribution is 2.37. The van der Waals surface area contributed by atoms with Gasteiger partial charge in [-0.25, -0.2) is 5.43 Å². The Labute approximate surface area is 99.6 Å². The summed E-state index contributed by atoms with van der Waals surface area (Å²) in [5, 5.41) is 1.80. The molecule has 17 heavy (non-hydrogen) atoms. The molecule has 0 bridgehead atoms. The minimum absolute atomic E-state index is 0.232. The van der Waals surface area contributed by atoms with Gasteiger partial charge >= 0.3 is 6.18 Å². The number of halogens is 3. The maximum absolute atomic E-state index is 12.6. The maximum Gasteiger partial charge on any atom is 0.396 e. The summed E-state index contributed by atoms with van der Waals surface area (Å²) in [5.41, 5.74) is 1.11. The number of nitrogens with one attached hydrogen (secondary N) is 1. The SMILES string of the molecule is CC(C)N1C=CC(OCC(C)(C)C(F)(F)F)N1. The molecule has 0 radical (unpaired) electrons. The topological polar surface area (TPSA) is 24.5 Å². The van der Waals surface area contributed by atoms with Crippen molar-refractivity contribution in [3.05, 3.63) is 12.3 Å². The lowest BCUT2D eigenvalue weighted by Crippen LogP contribution is -2.43. The predicted octanol–water partition coefficient (Wildman–Crippen LogP) is 2.66. The van der Waals surface area contributed by atoms with Crippen LogP contribution < -0.4 is 5.43 Å². The average molecular weight is 252 g/mol. The van der Waals surface area contributed by atoms with Gasteiger partial charge in [0.15, 0.2) is 0 Å². The number of hydrogen-bond donors (Lipinski definition) is 1. The Hall–Kier alpha value is -0.750. The van der Waals surface area contributed by atoms with E-state index in [1.54, 1.807) is 17.3 Å². The first kappa shape index (κ1) is 14.3. The molecule has 0 aliphatic carbocycles. The predicted molar refractivity (Wildman–Crippen MR) is 58.8 cm³/mol. The van der Waals surface area contributed by atoms with Crippen LogP contribution in [-0.4, -0.2) is 30.1 Å². The Balaban J connectivity index is 2.42. The third-order valence-electron chi connectivity index (χ3n) is 2.65. The number of ether oxygens (including phenoxy) is 1. The minimum Gasteiger partial charge on any atom is -0.357 e. The largest absolute Gasteiger partial charge is 0.396 e. The fourth-order valence-corrected chi connectivity index (χ4v) is 1.20. The van der Waals surface area contributed by atoms with Crippen LogP contribution in [0.2, 0.25) is 0 Å². The fraction of sp³-hybridized carbons (Fsp3) is 0.818. The molecule has 1 atom stereocenters. The van der Waals surface area contributed by atoms with Crippen molar-refractivity contribution in [1.29, 1.82) is 0 Å². The lowest BCUT2D eigenvalue weighted by Gasteiger charge is -2.29. The molecule has 3 nitrogen and oxygen atoms in total. The lowest BCUT2D eigenvalue weighted by molar-refractivity contribution is -0.231. The molecule has 0 amide bonds. The first-order chi connectivity index (χ1) is 7.63. The highest BCUT2D eigenvalue weighted by Gasteiger charge is 2.47. The third kappa shape index (κ3) is 3.61. The van der Waals surface area contributed by atoms with E-state index in [1.165, 1.54) is 0 Å². The van der Waals surface area contributed by atoms with Crippen LogP contribution in [0, 0.1) is 5.41 Å². The van der Waals surface area contributed by atoms with Crippen LogP contribution >= 0.6 is 0 Å². The molecule has 100 valence electrons. The van der Waals surface area contributed by atoms with Crippen molar-refractivity contribution in [3.63, 3.8) is 0 Å². The molecule has 0 fully saturated rings. The Morgan fingerprint density at radius 1 is 1.35 bits per heavy atom. The van der Waals surface area contributed by atoms with E-state index in [0.717, 1.165) is 13.8 Å². The van der Waals surface area contributed by atoms with Gasteiger partial charge in [-0.1, -0.05) is 0 Å². The second-order valence-electron chi connectivity index (χ2n) is 5.08. The van der Waals surface area contributed by atoms with Crippen LogP contribution in [0.4, 0.5) is 13.2 Å². The zero-order chi connectivity index (χ0) is 13.3. The molecular weight excluding hydrogens is 233 g/mol. The van der Waals surface area contributed by atoms with Crippen LogP contribution in [-0.2, 0) is 4.74 Å². The molecule has 1 aliphatic heterocycles. The highest BCUT2D eigenvalue weighted by molar-refractivity contribution is 4.95. The van der Waals surface area contributed by atoms with E-state index < -0.39 is 17.8 Å². The Kier molecular flexibility index (Phi) is 4.09. The van der Waals surface area contributed by atoms with Crippen molar-refractivity contribution in [3.8, 4) is 0 Å². The summed E-state index contributed by atoms with van der Waals surface area (Å²) < 4.78 is 43.0. The van der Waals surface area contributed by atoms with E-state index in [1.807, 2.05) is 13.8 Å². The highest BCUT2D eigenvalue weighted by atomic mass is 19.4. The first-order valence-corrected chi connectivity index (χ1v) is 5.54. The quantitative estimate of drug-likeness (QED) is 0.832. The molecule has 1 N–H and O–H groups in total. The van der Waals surface area contributed by atoms with Crippen LogP contribution in [0.1, 0.15) is 27.7 Å². The summed E-state index contributed by atoms with van der Waals surface area (Å²) in [6, 6.07) is 0.232. The molecule has 0 saturated carbocycles. The Morgan fingerprint density at radius 3 is 2.35 bits per heavy atom. The van der Waals surface area contributed by atoms with E-state index in [2.05, 4.69) is 5.43 Å². The van der Waals surface area contributed by atoms with Gasteiger partial charge < -0.3 is 9.75 Å². The van der Waals surface area contributed by atoms with Crippen LogP contribution in [0.25, 0.3) is 0 Å². The zero-order valence-electron chi connectivity index (χ0n) is 10.5. The molecular formula is C11H19F3N2O. The second-order valence-corrected chi connectivity index (χ2v) is 5.08. The Morgan fingerprint density at radius 2 is 1.94 bits per heavy atom. The molecule has 1 aliphatic rings. The third-order valence-corrected chi connectivity index (χ3v) is 2.65. The number of alkyl halides is 3. The van der Waals surface area contributed by atoms with E-state index in [4.69, 9.17) is 4.74 Å². The smallest absolute Gasteiger partial charge is 0.357 e.